The molecule has 1 aromatic rings. The van der Waals surface area contributed by atoms with Crippen LogP contribution in [-0.2, 0) is 6.42 Å². The molecule has 0 aliphatic carbocycles. The van der Waals surface area contributed by atoms with Crippen molar-refractivity contribution in [2.24, 2.45) is 0 Å². The molecule has 0 aliphatic rings. The van der Waals surface area contributed by atoms with Crippen LogP contribution in [0.15, 0.2) is 23.1 Å². The Morgan fingerprint density at radius 3 is 2.83 bits per heavy atom. The summed E-state index contributed by atoms with van der Waals surface area (Å²) < 4.78 is 13.1. The monoisotopic (exact) mass is 181 g/mol. The Hall–Kier alpha value is -1.01. The van der Waals surface area contributed by atoms with E-state index in [-0.39, 0.29) is 12.2 Å². The average Bonchev–Trinajstić information content (AvgIpc) is 2.09. The van der Waals surface area contributed by atoms with Gasteiger partial charge in [-0.25, -0.2) is 4.39 Å². The summed E-state index contributed by atoms with van der Waals surface area (Å²) in [6.07, 6.45) is 2.03. The summed E-state index contributed by atoms with van der Waals surface area (Å²) in [6, 6.07) is 6.85. The Balaban J connectivity index is 2.97. The lowest BCUT2D eigenvalue weighted by atomic mass is 10.1. The van der Waals surface area contributed by atoms with Crippen molar-refractivity contribution in [1.29, 1.82) is 5.26 Å². The van der Waals surface area contributed by atoms with Crippen LogP contribution < -0.4 is 0 Å². The number of benzene rings is 1. The summed E-state index contributed by atoms with van der Waals surface area (Å²) in [6.45, 7) is 0. The minimum Gasteiger partial charge on any atom is -0.207 e. The molecule has 1 rings (SSSR count). The van der Waals surface area contributed by atoms with Crippen LogP contribution in [0.5, 0.6) is 0 Å². The van der Waals surface area contributed by atoms with Gasteiger partial charge in [0.15, 0.2) is 0 Å². The number of hydrogen-bond donors (Lipinski definition) is 0. The van der Waals surface area contributed by atoms with E-state index in [1.807, 2.05) is 18.4 Å². The van der Waals surface area contributed by atoms with Crippen LogP contribution in [0.4, 0.5) is 4.39 Å². The molecule has 1 nitrogen and oxygen atoms in total. The largest absolute Gasteiger partial charge is 0.207 e. The Morgan fingerprint density at radius 1 is 1.58 bits per heavy atom. The molecule has 0 fully saturated rings. The molecule has 3 heteroatoms. The number of halogens is 1. The van der Waals surface area contributed by atoms with E-state index >= 15 is 0 Å². The molecule has 0 aliphatic heterocycles. The van der Waals surface area contributed by atoms with E-state index in [0.29, 0.717) is 5.56 Å². The van der Waals surface area contributed by atoms with Gasteiger partial charge in [0.1, 0.15) is 5.82 Å². The number of hydrogen-bond acceptors (Lipinski definition) is 2. The predicted octanol–water partition coefficient (Wildman–Crippen LogP) is 2.61. The maximum atomic E-state index is 13.1. The van der Waals surface area contributed by atoms with E-state index in [2.05, 4.69) is 0 Å². The van der Waals surface area contributed by atoms with Crippen LogP contribution in [0.2, 0.25) is 0 Å². The quantitative estimate of drug-likeness (QED) is 0.655. The minimum absolute atomic E-state index is 0.139. The molecule has 1 aromatic carbocycles. The molecule has 0 bridgehead atoms. The van der Waals surface area contributed by atoms with E-state index in [4.69, 9.17) is 5.26 Å². The molecule has 0 N–H and O–H groups in total. The van der Waals surface area contributed by atoms with Crippen molar-refractivity contribution in [2.45, 2.75) is 11.3 Å². The number of nitrogens with zero attached hydrogens (tertiary/aromatic N) is 1. The van der Waals surface area contributed by atoms with E-state index in [0.717, 1.165) is 4.90 Å². The minimum atomic E-state index is -0.289. The van der Waals surface area contributed by atoms with Crippen LogP contribution in [0.1, 0.15) is 5.56 Å². The van der Waals surface area contributed by atoms with Gasteiger partial charge in [-0.2, -0.15) is 5.26 Å². The molecule has 0 atom stereocenters. The standard InChI is InChI=1S/C9H8FNS/c1-12-8-3-2-7(4-5-11)9(10)6-8/h2-3,6H,4H2,1H3. The van der Waals surface area contributed by atoms with Crippen molar-refractivity contribution in [3.05, 3.63) is 29.6 Å². The van der Waals surface area contributed by atoms with E-state index in [1.165, 1.54) is 17.8 Å². The van der Waals surface area contributed by atoms with Gasteiger partial charge in [-0.15, -0.1) is 11.8 Å². The van der Waals surface area contributed by atoms with E-state index in [1.54, 1.807) is 6.07 Å². The summed E-state index contributed by atoms with van der Waals surface area (Å²) in [5, 5.41) is 8.35. The van der Waals surface area contributed by atoms with Crippen LogP contribution in [0.25, 0.3) is 0 Å². The zero-order valence-corrected chi connectivity index (χ0v) is 7.49. The Labute approximate surface area is 75.2 Å². The molecular formula is C9H8FNS. The fourth-order valence-electron chi connectivity index (χ4n) is 0.884. The summed E-state index contributed by atoms with van der Waals surface area (Å²) in [5.74, 6) is -0.289. The third-order valence-electron chi connectivity index (χ3n) is 1.53. The zero-order chi connectivity index (χ0) is 8.97. The van der Waals surface area contributed by atoms with Crippen LogP contribution in [0.3, 0.4) is 0 Å². The maximum Gasteiger partial charge on any atom is 0.128 e. The molecule has 0 unspecified atom stereocenters. The molecular weight excluding hydrogens is 173 g/mol. The first-order valence-corrected chi connectivity index (χ1v) is 4.69. The van der Waals surface area contributed by atoms with Crippen molar-refractivity contribution in [1.82, 2.24) is 0 Å². The van der Waals surface area contributed by atoms with Gasteiger partial charge in [0.25, 0.3) is 0 Å². The SMILES string of the molecule is CSc1ccc(CC#N)c(F)c1. The first-order chi connectivity index (χ1) is 5.77. The highest BCUT2D eigenvalue weighted by Gasteiger charge is 2.01. The summed E-state index contributed by atoms with van der Waals surface area (Å²) in [7, 11) is 0. The fraction of sp³-hybridized carbons (Fsp3) is 0.222. The normalized spacial score (nSPS) is 9.42. The van der Waals surface area contributed by atoms with Crippen LogP contribution >= 0.6 is 11.8 Å². The lowest BCUT2D eigenvalue weighted by Gasteiger charge is -1.99. The summed E-state index contributed by atoms with van der Waals surface area (Å²) in [4.78, 5) is 0.884. The van der Waals surface area contributed by atoms with Gasteiger partial charge in [-0.05, 0) is 18.4 Å². The lowest BCUT2D eigenvalue weighted by Crippen LogP contribution is -1.88. The predicted molar refractivity (Wildman–Crippen MR) is 47.5 cm³/mol. The topological polar surface area (TPSA) is 23.8 Å². The lowest BCUT2D eigenvalue weighted by molar-refractivity contribution is 0.611. The van der Waals surface area contributed by atoms with Crippen molar-refractivity contribution in [3.8, 4) is 6.07 Å². The second-order valence-corrected chi connectivity index (χ2v) is 3.17. The molecule has 0 saturated carbocycles. The van der Waals surface area contributed by atoms with Crippen molar-refractivity contribution in [2.75, 3.05) is 6.26 Å². The molecule has 0 amide bonds. The highest BCUT2D eigenvalue weighted by atomic mass is 32.2. The number of nitriles is 1. The Morgan fingerprint density at radius 2 is 2.33 bits per heavy atom. The summed E-state index contributed by atoms with van der Waals surface area (Å²) in [5.41, 5.74) is 0.468. The third kappa shape index (κ3) is 1.99. The number of thioether (sulfide) groups is 1. The van der Waals surface area contributed by atoms with Gasteiger partial charge in [0.2, 0.25) is 0 Å². The zero-order valence-electron chi connectivity index (χ0n) is 6.67. The Kier molecular flexibility index (Phi) is 3.12. The smallest absolute Gasteiger partial charge is 0.128 e. The van der Waals surface area contributed by atoms with Gasteiger partial charge >= 0.3 is 0 Å². The van der Waals surface area contributed by atoms with Crippen LogP contribution in [-0.4, -0.2) is 6.26 Å². The molecule has 0 spiro atoms. The van der Waals surface area contributed by atoms with Gasteiger partial charge in [0, 0.05) is 10.5 Å². The second kappa shape index (κ2) is 4.13. The molecule has 62 valence electrons. The molecule has 0 saturated heterocycles. The fourth-order valence-corrected chi connectivity index (χ4v) is 1.31. The van der Waals surface area contributed by atoms with Gasteiger partial charge in [-0.3, -0.25) is 0 Å². The van der Waals surface area contributed by atoms with Crippen molar-refractivity contribution < 1.29 is 4.39 Å². The third-order valence-corrected chi connectivity index (χ3v) is 2.26. The van der Waals surface area contributed by atoms with Gasteiger partial charge in [-0.1, -0.05) is 6.07 Å². The van der Waals surface area contributed by atoms with Crippen molar-refractivity contribution >= 4 is 11.8 Å². The van der Waals surface area contributed by atoms with E-state index < -0.39 is 0 Å². The average molecular weight is 181 g/mol. The summed E-state index contributed by atoms with van der Waals surface area (Å²) >= 11 is 1.49. The highest BCUT2D eigenvalue weighted by molar-refractivity contribution is 7.98. The first kappa shape index (κ1) is 9.08. The maximum absolute atomic E-state index is 13.1. The van der Waals surface area contributed by atoms with Gasteiger partial charge in [0.05, 0.1) is 12.5 Å². The second-order valence-electron chi connectivity index (χ2n) is 2.29. The molecule has 0 radical (unpaired) electrons. The number of rotatable bonds is 2. The van der Waals surface area contributed by atoms with E-state index in [9.17, 15) is 4.39 Å². The Bertz CT molecular complexity index is 317. The first-order valence-electron chi connectivity index (χ1n) is 3.47. The molecule has 0 aromatic heterocycles. The van der Waals surface area contributed by atoms with Crippen molar-refractivity contribution in [3.63, 3.8) is 0 Å². The highest BCUT2D eigenvalue weighted by Crippen LogP contribution is 2.18. The molecule has 12 heavy (non-hydrogen) atoms. The molecule has 0 heterocycles. The van der Waals surface area contributed by atoms with Gasteiger partial charge < -0.3 is 0 Å². The van der Waals surface area contributed by atoms with Crippen LogP contribution in [0, 0.1) is 17.1 Å².